The van der Waals surface area contributed by atoms with Crippen molar-refractivity contribution in [1.29, 1.82) is 10.5 Å². The number of hydrogen-bond donors (Lipinski definition) is 1. The van der Waals surface area contributed by atoms with Crippen molar-refractivity contribution in [3.8, 4) is 23.4 Å². The number of fused-ring (bicyclic) bond motifs is 1. The molecule has 0 saturated carbocycles. The monoisotopic (exact) mass is 476 g/mol. The second-order valence-corrected chi connectivity index (χ2v) is 8.40. The van der Waals surface area contributed by atoms with Crippen LogP contribution in [0.2, 0.25) is 0 Å². The summed E-state index contributed by atoms with van der Waals surface area (Å²) in [6.07, 6.45) is 3.00. The molecule has 0 amide bonds. The van der Waals surface area contributed by atoms with Gasteiger partial charge >= 0.3 is 6.18 Å². The van der Waals surface area contributed by atoms with Gasteiger partial charge in [0.1, 0.15) is 18.0 Å². The van der Waals surface area contributed by atoms with Crippen LogP contribution in [0.1, 0.15) is 30.0 Å². The molecular weight excluding hydrogens is 457 g/mol. The summed E-state index contributed by atoms with van der Waals surface area (Å²) >= 11 is 0. The summed E-state index contributed by atoms with van der Waals surface area (Å²) in [6.45, 7) is 0.889. The molecule has 0 bridgehead atoms. The normalized spacial score (nSPS) is 16.8. The molecule has 1 aliphatic rings. The lowest BCUT2D eigenvalue weighted by molar-refractivity contribution is -0.137. The van der Waals surface area contributed by atoms with Gasteiger partial charge in [0, 0.05) is 42.4 Å². The largest absolute Gasteiger partial charge is 0.417 e. The Labute approximate surface area is 198 Å². The van der Waals surface area contributed by atoms with Crippen molar-refractivity contribution >= 4 is 16.7 Å². The first-order chi connectivity index (χ1) is 16.9. The molecule has 1 unspecified atom stereocenters. The Kier molecular flexibility index (Phi) is 5.61. The highest BCUT2D eigenvalue weighted by molar-refractivity contribution is 5.89. The average molecular weight is 476 g/mol. The fourth-order valence-electron chi connectivity index (χ4n) is 4.79. The van der Waals surface area contributed by atoms with Crippen molar-refractivity contribution in [2.75, 3.05) is 18.0 Å². The third kappa shape index (κ3) is 4.06. The molecule has 176 valence electrons. The minimum Gasteiger partial charge on any atom is -0.370 e. The van der Waals surface area contributed by atoms with Crippen LogP contribution < -0.4 is 4.90 Å². The summed E-state index contributed by atoms with van der Waals surface area (Å²) in [5, 5.41) is 24.3. The molecule has 1 N–H and O–H groups in total. The van der Waals surface area contributed by atoms with E-state index < -0.39 is 11.7 Å². The SMILES string of the molecule is N#CC[C@@H](C1CCN(c2cccc(C(F)(F)F)c2C#N)C1)n1cc(-c2ncnc3[nH]ccc23)cn1. The van der Waals surface area contributed by atoms with E-state index in [4.69, 9.17) is 0 Å². The Balaban J connectivity index is 1.42. The summed E-state index contributed by atoms with van der Waals surface area (Å²) in [6, 6.07) is 9.34. The minimum absolute atomic E-state index is 0.0406. The highest BCUT2D eigenvalue weighted by atomic mass is 19.4. The van der Waals surface area contributed by atoms with E-state index in [1.54, 1.807) is 34.1 Å². The van der Waals surface area contributed by atoms with Gasteiger partial charge in [0.15, 0.2) is 0 Å². The van der Waals surface area contributed by atoms with Gasteiger partial charge in [-0.05, 0) is 24.6 Å². The second-order valence-electron chi connectivity index (χ2n) is 8.40. The molecule has 8 nitrogen and oxygen atoms in total. The molecule has 1 saturated heterocycles. The van der Waals surface area contributed by atoms with Gasteiger partial charge in [0.2, 0.25) is 0 Å². The summed E-state index contributed by atoms with van der Waals surface area (Å²) in [7, 11) is 0. The van der Waals surface area contributed by atoms with Crippen LogP contribution >= 0.6 is 0 Å². The molecule has 1 fully saturated rings. The molecule has 35 heavy (non-hydrogen) atoms. The van der Waals surface area contributed by atoms with Crippen LogP contribution in [-0.2, 0) is 6.18 Å². The molecule has 11 heteroatoms. The van der Waals surface area contributed by atoms with E-state index in [0.29, 0.717) is 30.9 Å². The molecule has 4 heterocycles. The lowest BCUT2D eigenvalue weighted by atomic mass is 9.96. The molecule has 0 radical (unpaired) electrons. The Morgan fingerprint density at radius 3 is 2.83 bits per heavy atom. The number of anilines is 1. The minimum atomic E-state index is -4.61. The second kappa shape index (κ2) is 8.76. The van der Waals surface area contributed by atoms with Crippen molar-refractivity contribution in [2.24, 2.45) is 5.92 Å². The molecule has 0 spiro atoms. The maximum absolute atomic E-state index is 13.4. The Bertz CT molecular complexity index is 1460. The van der Waals surface area contributed by atoms with Crippen LogP contribution in [0, 0.1) is 28.6 Å². The van der Waals surface area contributed by atoms with Gasteiger partial charge in [-0.15, -0.1) is 0 Å². The maximum Gasteiger partial charge on any atom is 0.417 e. The van der Waals surface area contributed by atoms with E-state index in [2.05, 4.69) is 26.1 Å². The summed E-state index contributed by atoms with van der Waals surface area (Å²) in [4.78, 5) is 13.4. The van der Waals surface area contributed by atoms with Gasteiger partial charge in [-0.25, -0.2) is 9.97 Å². The first kappa shape index (κ1) is 22.4. The number of nitriles is 2. The van der Waals surface area contributed by atoms with E-state index in [1.165, 1.54) is 12.4 Å². The van der Waals surface area contributed by atoms with E-state index in [0.717, 1.165) is 17.0 Å². The van der Waals surface area contributed by atoms with Crippen LogP contribution in [0.25, 0.3) is 22.3 Å². The molecule has 0 aliphatic carbocycles. The van der Waals surface area contributed by atoms with E-state index in [-0.39, 0.29) is 29.6 Å². The quantitative estimate of drug-likeness (QED) is 0.447. The van der Waals surface area contributed by atoms with E-state index in [9.17, 15) is 23.7 Å². The standard InChI is InChI=1S/C24H19F3N8/c25-24(26,27)19-2-1-3-21(18(19)10-29)34-9-6-15(12-34)20(4-7-28)35-13-16(11-33-35)22-17-5-8-30-23(17)32-14-31-22/h1-3,5,8,11,13-15,20H,4,6,9,12H2,(H,30,31,32)/t15?,20-/m0/s1. The molecule has 1 aliphatic heterocycles. The van der Waals surface area contributed by atoms with Gasteiger partial charge < -0.3 is 9.88 Å². The number of aromatic nitrogens is 5. The number of H-pyrrole nitrogens is 1. The Hall–Kier alpha value is -4.38. The van der Waals surface area contributed by atoms with Crippen molar-refractivity contribution < 1.29 is 13.2 Å². The molecule has 5 rings (SSSR count). The number of alkyl halides is 3. The van der Waals surface area contributed by atoms with Crippen molar-refractivity contribution in [1.82, 2.24) is 24.7 Å². The predicted octanol–water partition coefficient (Wildman–Crippen LogP) is 4.69. The average Bonchev–Trinajstić information content (AvgIpc) is 3.62. The van der Waals surface area contributed by atoms with Gasteiger partial charge in [-0.2, -0.15) is 28.8 Å². The number of halogens is 3. The van der Waals surface area contributed by atoms with Crippen molar-refractivity contribution in [2.45, 2.75) is 25.1 Å². The molecule has 4 aromatic rings. The van der Waals surface area contributed by atoms with E-state index >= 15 is 0 Å². The molecule has 1 aromatic carbocycles. The van der Waals surface area contributed by atoms with Crippen LogP contribution in [-0.4, -0.2) is 37.8 Å². The topological polar surface area (TPSA) is 110 Å². The number of nitrogens with one attached hydrogen (secondary N) is 1. The Morgan fingerprint density at radius 2 is 2.06 bits per heavy atom. The fraction of sp³-hybridized carbons (Fsp3) is 0.292. The maximum atomic E-state index is 13.4. The zero-order valence-electron chi connectivity index (χ0n) is 18.4. The molecular formula is C24H19F3N8. The van der Waals surface area contributed by atoms with Gasteiger partial charge in [0.25, 0.3) is 0 Å². The molecule has 3 aromatic heterocycles. The highest BCUT2D eigenvalue weighted by Crippen LogP contribution is 2.39. The van der Waals surface area contributed by atoms with Crippen LogP contribution in [0.4, 0.5) is 18.9 Å². The molecule has 2 atom stereocenters. The predicted molar refractivity (Wildman–Crippen MR) is 121 cm³/mol. The zero-order valence-corrected chi connectivity index (χ0v) is 18.4. The number of aromatic amines is 1. The van der Waals surface area contributed by atoms with Crippen LogP contribution in [0.5, 0.6) is 0 Å². The first-order valence-electron chi connectivity index (χ1n) is 11.0. The number of hydrogen-bond acceptors (Lipinski definition) is 6. The smallest absolute Gasteiger partial charge is 0.370 e. The summed E-state index contributed by atoms with van der Waals surface area (Å²) in [5.74, 6) is -0.0406. The third-order valence-electron chi connectivity index (χ3n) is 6.44. The van der Waals surface area contributed by atoms with Gasteiger partial charge in [0.05, 0.1) is 47.2 Å². The van der Waals surface area contributed by atoms with Crippen molar-refractivity contribution in [3.63, 3.8) is 0 Å². The van der Waals surface area contributed by atoms with E-state index in [1.807, 2.05) is 12.3 Å². The van der Waals surface area contributed by atoms with Crippen molar-refractivity contribution in [3.05, 3.63) is 60.3 Å². The third-order valence-corrected chi connectivity index (χ3v) is 6.44. The lowest BCUT2D eigenvalue weighted by Gasteiger charge is -2.25. The van der Waals surface area contributed by atoms with Gasteiger partial charge in [-0.3, -0.25) is 4.68 Å². The zero-order chi connectivity index (χ0) is 24.6. The summed E-state index contributed by atoms with van der Waals surface area (Å²) in [5.41, 5.74) is 1.15. The fourth-order valence-corrected chi connectivity index (χ4v) is 4.79. The first-order valence-corrected chi connectivity index (χ1v) is 11.0. The Morgan fingerprint density at radius 1 is 1.20 bits per heavy atom. The van der Waals surface area contributed by atoms with Crippen LogP contribution in [0.3, 0.4) is 0 Å². The van der Waals surface area contributed by atoms with Crippen LogP contribution in [0.15, 0.2) is 49.2 Å². The number of nitrogens with zero attached hydrogens (tertiary/aromatic N) is 7. The summed E-state index contributed by atoms with van der Waals surface area (Å²) < 4.78 is 42.0. The highest BCUT2D eigenvalue weighted by Gasteiger charge is 2.37. The van der Waals surface area contributed by atoms with Gasteiger partial charge in [-0.1, -0.05) is 6.07 Å². The number of benzene rings is 1. The lowest BCUT2D eigenvalue weighted by Crippen LogP contribution is -2.26. The number of rotatable bonds is 5.